The van der Waals surface area contributed by atoms with Crippen LogP contribution in [0.2, 0.25) is 0 Å². The fourth-order valence-electron chi connectivity index (χ4n) is 1.77. The number of benzene rings is 1. The van der Waals surface area contributed by atoms with Gasteiger partial charge in [-0.05, 0) is 18.2 Å². The predicted octanol–water partition coefficient (Wildman–Crippen LogP) is 1.86. The van der Waals surface area contributed by atoms with Gasteiger partial charge in [0, 0.05) is 36.0 Å². The first-order chi connectivity index (χ1) is 9.33. The average molecular weight is 262 g/mol. The van der Waals surface area contributed by atoms with Crippen LogP contribution in [-0.2, 0) is 9.47 Å². The Kier molecular flexibility index (Phi) is 4.94. The minimum absolute atomic E-state index is 0.491. The highest BCUT2D eigenvalue weighted by Crippen LogP contribution is 2.29. The highest BCUT2D eigenvalue weighted by molar-refractivity contribution is 5.96. The van der Waals surface area contributed by atoms with Gasteiger partial charge in [-0.3, -0.25) is 4.98 Å². The molecule has 19 heavy (non-hydrogen) atoms. The lowest BCUT2D eigenvalue weighted by Crippen LogP contribution is -2.10. The second kappa shape index (κ2) is 6.92. The Bertz CT molecular complexity index is 531. The van der Waals surface area contributed by atoms with E-state index < -0.39 is 0 Å². The number of rotatable bonds is 7. The molecule has 5 nitrogen and oxygen atoms in total. The summed E-state index contributed by atoms with van der Waals surface area (Å²) in [6.45, 7) is 2.19. The van der Waals surface area contributed by atoms with E-state index >= 15 is 0 Å². The van der Waals surface area contributed by atoms with Gasteiger partial charge in [-0.2, -0.15) is 0 Å². The zero-order valence-electron chi connectivity index (χ0n) is 11.0. The Balaban J connectivity index is 1.96. The average Bonchev–Trinajstić information content (AvgIpc) is 2.45. The molecule has 0 fully saturated rings. The Labute approximate surface area is 112 Å². The number of anilines is 1. The fraction of sp³-hybridized carbons (Fsp3) is 0.357. The molecule has 0 atom stereocenters. The molecule has 0 amide bonds. The number of aromatic nitrogens is 1. The van der Waals surface area contributed by atoms with Gasteiger partial charge < -0.3 is 19.9 Å². The number of hydrogen-bond acceptors (Lipinski definition) is 5. The molecule has 0 spiro atoms. The van der Waals surface area contributed by atoms with Crippen molar-refractivity contribution in [3.63, 3.8) is 0 Å². The molecule has 0 bridgehead atoms. The highest BCUT2D eigenvalue weighted by Gasteiger charge is 2.04. The van der Waals surface area contributed by atoms with Gasteiger partial charge in [-0.1, -0.05) is 0 Å². The molecule has 1 aromatic heterocycles. The second-order valence-electron chi connectivity index (χ2n) is 4.03. The third kappa shape index (κ3) is 3.56. The highest BCUT2D eigenvalue weighted by atomic mass is 16.5. The van der Waals surface area contributed by atoms with Gasteiger partial charge in [-0.25, -0.2) is 0 Å². The van der Waals surface area contributed by atoms with Crippen molar-refractivity contribution in [3.8, 4) is 5.75 Å². The summed E-state index contributed by atoms with van der Waals surface area (Å²) in [6.07, 6.45) is 3.47. The lowest BCUT2D eigenvalue weighted by atomic mass is 10.1. The summed E-state index contributed by atoms with van der Waals surface area (Å²) in [7, 11) is 1.65. The first-order valence-corrected chi connectivity index (χ1v) is 6.14. The number of nitrogen functional groups attached to an aromatic ring is 1. The van der Waals surface area contributed by atoms with Crippen LogP contribution >= 0.6 is 0 Å². The smallest absolute Gasteiger partial charge is 0.127 e. The fourth-order valence-corrected chi connectivity index (χ4v) is 1.77. The lowest BCUT2D eigenvalue weighted by Gasteiger charge is -2.10. The van der Waals surface area contributed by atoms with Crippen molar-refractivity contribution < 1.29 is 14.2 Å². The van der Waals surface area contributed by atoms with Crippen LogP contribution in [0.5, 0.6) is 5.75 Å². The van der Waals surface area contributed by atoms with Crippen molar-refractivity contribution in [1.82, 2.24) is 4.98 Å². The molecule has 102 valence electrons. The Hall–Kier alpha value is -1.85. The molecule has 0 saturated carbocycles. The van der Waals surface area contributed by atoms with Crippen LogP contribution in [-0.4, -0.2) is 38.5 Å². The van der Waals surface area contributed by atoms with Gasteiger partial charge in [-0.15, -0.1) is 0 Å². The number of nitrogens with zero attached hydrogens (tertiary/aromatic N) is 1. The summed E-state index contributed by atoms with van der Waals surface area (Å²) in [5.74, 6) is 0.793. The number of fused-ring (bicyclic) bond motifs is 1. The van der Waals surface area contributed by atoms with E-state index in [1.165, 1.54) is 0 Å². The van der Waals surface area contributed by atoms with Crippen LogP contribution in [0.4, 0.5) is 5.69 Å². The van der Waals surface area contributed by atoms with E-state index in [1.54, 1.807) is 19.5 Å². The van der Waals surface area contributed by atoms with E-state index in [2.05, 4.69) is 4.98 Å². The molecule has 1 heterocycles. The van der Waals surface area contributed by atoms with Gasteiger partial charge >= 0.3 is 0 Å². The molecule has 2 rings (SSSR count). The molecular weight excluding hydrogens is 244 g/mol. The molecule has 0 aliphatic carbocycles. The maximum atomic E-state index is 5.90. The Morgan fingerprint density at radius 2 is 1.89 bits per heavy atom. The number of nitrogens with two attached hydrogens (primary N) is 1. The van der Waals surface area contributed by atoms with E-state index in [1.807, 2.05) is 18.2 Å². The summed E-state index contributed by atoms with van der Waals surface area (Å²) < 4.78 is 15.9. The largest absolute Gasteiger partial charge is 0.491 e. The lowest BCUT2D eigenvalue weighted by molar-refractivity contribution is 0.0547. The molecule has 0 unspecified atom stereocenters. The second-order valence-corrected chi connectivity index (χ2v) is 4.03. The molecule has 0 saturated heterocycles. The van der Waals surface area contributed by atoms with Crippen LogP contribution in [0, 0.1) is 0 Å². The predicted molar refractivity (Wildman–Crippen MR) is 74.3 cm³/mol. The van der Waals surface area contributed by atoms with Crippen molar-refractivity contribution >= 4 is 16.5 Å². The van der Waals surface area contributed by atoms with Crippen molar-refractivity contribution in [1.29, 1.82) is 0 Å². The third-order valence-corrected chi connectivity index (χ3v) is 2.73. The molecule has 2 N–H and O–H groups in total. The first kappa shape index (κ1) is 13.6. The summed E-state index contributed by atoms with van der Waals surface area (Å²) in [6, 6.07) is 5.59. The molecule has 0 aliphatic heterocycles. The number of pyridine rings is 1. The topological polar surface area (TPSA) is 66.6 Å². The maximum Gasteiger partial charge on any atom is 0.127 e. The number of methoxy groups -OCH3 is 1. The van der Waals surface area contributed by atoms with Crippen LogP contribution in [0.15, 0.2) is 30.6 Å². The third-order valence-electron chi connectivity index (χ3n) is 2.73. The van der Waals surface area contributed by atoms with Crippen LogP contribution < -0.4 is 10.5 Å². The van der Waals surface area contributed by atoms with Crippen LogP contribution in [0.1, 0.15) is 0 Å². The Morgan fingerprint density at radius 1 is 1.05 bits per heavy atom. The van der Waals surface area contributed by atoms with Crippen molar-refractivity contribution in [2.24, 2.45) is 0 Å². The van der Waals surface area contributed by atoms with Gasteiger partial charge in [0.05, 0.1) is 19.8 Å². The summed E-state index contributed by atoms with van der Waals surface area (Å²) in [5.41, 5.74) is 6.60. The molecule has 0 aliphatic rings. The number of ether oxygens (including phenoxy) is 3. The Morgan fingerprint density at radius 3 is 2.74 bits per heavy atom. The SMILES string of the molecule is COCCOCCOc1ccc(N)c2cnccc12. The molecule has 2 aromatic rings. The summed E-state index contributed by atoms with van der Waals surface area (Å²) >= 11 is 0. The van der Waals surface area contributed by atoms with E-state index in [0.29, 0.717) is 32.1 Å². The minimum Gasteiger partial charge on any atom is -0.491 e. The monoisotopic (exact) mass is 262 g/mol. The molecule has 0 radical (unpaired) electrons. The van der Waals surface area contributed by atoms with E-state index in [4.69, 9.17) is 19.9 Å². The first-order valence-electron chi connectivity index (χ1n) is 6.14. The zero-order chi connectivity index (χ0) is 13.5. The van der Waals surface area contributed by atoms with Gasteiger partial charge in [0.15, 0.2) is 0 Å². The molecule has 1 aromatic carbocycles. The van der Waals surface area contributed by atoms with Crippen LogP contribution in [0.25, 0.3) is 10.8 Å². The zero-order valence-corrected chi connectivity index (χ0v) is 11.0. The molecule has 5 heteroatoms. The maximum absolute atomic E-state index is 5.90. The van der Waals surface area contributed by atoms with Crippen molar-refractivity contribution in [3.05, 3.63) is 30.6 Å². The summed E-state index contributed by atoms with van der Waals surface area (Å²) in [5, 5.41) is 1.87. The van der Waals surface area contributed by atoms with Crippen molar-refractivity contribution in [2.75, 3.05) is 39.3 Å². The molecular formula is C14H18N2O3. The minimum atomic E-state index is 0.491. The van der Waals surface area contributed by atoms with Gasteiger partial charge in [0.25, 0.3) is 0 Å². The quantitative estimate of drug-likeness (QED) is 0.609. The standard InChI is InChI=1S/C14H18N2O3/c1-17-6-7-18-8-9-19-14-3-2-13(15)12-10-16-5-4-11(12)14/h2-5,10H,6-9,15H2,1H3. The van der Waals surface area contributed by atoms with Gasteiger partial charge in [0.1, 0.15) is 12.4 Å². The normalized spacial score (nSPS) is 10.8. The number of hydrogen-bond donors (Lipinski definition) is 1. The van der Waals surface area contributed by atoms with Crippen LogP contribution in [0.3, 0.4) is 0 Å². The van der Waals surface area contributed by atoms with E-state index in [-0.39, 0.29) is 0 Å². The van der Waals surface area contributed by atoms with Gasteiger partial charge in [0.2, 0.25) is 0 Å². The van der Waals surface area contributed by atoms with Crippen molar-refractivity contribution in [2.45, 2.75) is 0 Å². The summed E-state index contributed by atoms with van der Waals surface area (Å²) in [4.78, 5) is 4.07. The van der Waals surface area contributed by atoms with E-state index in [0.717, 1.165) is 16.5 Å². The van der Waals surface area contributed by atoms with E-state index in [9.17, 15) is 0 Å².